The van der Waals surface area contributed by atoms with Gasteiger partial charge < -0.3 is 16.2 Å². The Balaban J connectivity index is 3.08. The number of amides is 1. The van der Waals surface area contributed by atoms with Crippen molar-refractivity contribution in [2.24, 2.45) is 5.73 Å². The number of nitrogens with one attached hydrogen (secondary N) is 1. The number of carbonyl (C=O) groups is 1. The Morgan fingerprint density at radius 3 is 1.48 bits per heavy atom. The van der Waals surface area contributed by atoms with Gasteiger partial charge in [-0.1, -0.05) is 103 Å². The molecule has 0 aliphatic heterocycles. The quantitative estimate of drug-likeness (QED) is 0.294. The van der Waals surface area contributed by atoms with Crippen molar-refractivity contribution in [2.75, 3.05) is 13.2 Å². The molecule has 0 aromatic heterocycles. The lowest BCUT2D eigenvalue weighted by atomic mass is 10.0. The molecule has 0 aromatic carbocycles. The second-order valence-electron chi connectivity index (χ2n) is 7.38. The summed E-state index contributed by atoms with van der Waals surface area (Å²) in [6, 6.07) is -0.777. The molecule has 1 amide bonds. The highest BCUT2D eigenvalue weighted by molar-refractivity contribution is 5.81. The molecular formula is C21H44N2O2. The highest BCUT2D eigenvalue weighted by atomic mass is 16.3. The van der Waals surface area contributed by atoms with Gasteiger partial charge in [-0.2, -0.15) is 0 Å². The van der Waals surface area contributed by atoms with Crippen LogP contribution in [0, 0.1) is 0 Å². The Morgan fingerprint density at radius 2 is 1.12 bits per heavy atom. The van der Waals surface area contributed by atoms with Gasteiger partial charge in [0.25, 0.3) is 0 Å². The molecule has 150 valence electrons. The zero-order valence-electron chi connectivity index (χ0n) is 16.7. The van der Waals surface area contributed by atoms with E-state index in [0.29, 0.717) is 6.54 Å². The van der Waals surface area contributed by atoms with Crippen LogP contribution in [-0.4, -0.2) is 30.2 Å². The van der Waals surface area contributed by atoms with Crippen LogP contribution in [0.2, 0.25) is 0 Å². The summed E-state index contributed by atoms with van der Waals surface area (Å²) in [6.45, 7) is 2.66. The van der Waals surface area contributed by atoms with E-state index in [1.54, 1.807) is 0 Å². The molecule has 0 fully saturated rings. The van der Waals surface area contributed by atoms with Crippen molar-refractivity contribution in [1.82, 2.24) is 5.32 Å². The molecule has 4 nitrogen and oxygen atoms in total. The van der Waals surface area contributed by atoms with Crippen molar-refractivity contribution in [3.63, 3.8) is 0 Å². The first kappa shape index (κ1) is 24.4. The molecule has 4 heteroatoms. The minimum Gasteiger partial charge on any atom is -0.394 e. The fourth-order valence-corrected chi connectivity index (χ4v) is 3.10. The predicted octanol–water partition coefficient (Wildman–Crippen LogP) is 4.68. The van der Waals surface area contributed by atoms with E-state index in [2.05, 4.69) is 12.2 Å². The molecule has 1 atom stereocenters. The molecule has 0 spiro atoms. The first-order chi connectivity index (χ1) is 12.2. The zero-order valence-corrected chi connectivity index (χ0v) is 16.7. The van der Waals surface area contributed by atoms with E-state index < -0.39 is 6.04 Å². The topological polar surface area (TPSA) is 75.4 Å². The summed E-state index contributed by atoms with van der Waals surface area (Å²) in [5.41, 5.74) is 5.43. The van der Waals surface area contributed by atoms with E-state index in [-0.39, 0.29) is 12.5 Å². The minimum absolute atomic E-state index is 0.247. The summed E-state index contributed by atoms with van der Waals surface area (Å²) >= 11 is 0. The summed E-state index contributed by atoms with van der Waals surface area (Å²) in [7, 11) is 0. The van der Waals surface area contributed by atoms with Gasteiger partial charge in [0.1, 0.15) is 6.04 Å². The lowest BCUT2D eigenvalue weighted by Gasteiger charge is -2.09. The van der Waals surface area contributed by atoms with Crippen LogP contribution in [0.15, 0.2) is 0 Å². The van der Waals surface area contributed by atoms with Gasteiger partial charge in [0.2, 0.25) is 5.91 Å². The zero-order chi connectivity index (χ0) is 18.6. The van der Waals surface area contributed by atoms with E-state index in [1.807, 2.05) is 0 Å². The molecule has 0 aliphatic carbocycles. The Hall–Kier alpha value is -0.610. The van der Waals surface area contributed by atoms with Crippen molar-refractivity contribution < 1.29 is 9.90 Å². The maximum Gasteiger partial charge on any atom is 0.239 e. The van der Waals surface area contributed by atoms with Gasteiger partial charge in [0.15, 0.2) is 0 Å². The number of hydrogen-bond donors (Lipinski definition) is 3. The van der Waals surface area contributed by atoms with Gasteiger partial charge in [-0.3, -0.25) is 4.79 Å². The van der Waals surface area contributed by atoms with Gasteiger partial charge >= 0.3 is 0 Å². The molecule has 0 aliphatic rings. The number of rotatable bonds is 19. The lowest BCUT2D eigenvalue weighted by Crippen LogP contribution is -2.43. The van der Waals surface area contributed by atoms with Crippen molar-refractivity contribution in [1.29, 1.82) is 0 Å². The monoisotopic (exact) mass is 356 g/mol. The van der Waals surface area contributed by atoms with Crippen LogP contribution in [-0.2, 0) is 4.79 Å². The van der Waals surface area contributed by atoms with Gasteiger partial charge in [0.05, 0.1) is 6.61 Å². The standard InChI is InChI=1S/C21H44N2O2/c1-2-3-4-5-6-7-8-9-10-11-12-13-14-15-16-17-18-23-21(25)20(22)19-24/h20,24H,2-19,22H2,1H3,(H,23,25)/t20-/m0/s1. The van der Waals surface area contributed by atoms with Crippen LogP contribution < -0.4 is 11.1 Å². The number of carbonyl (C=O) groups excluding carboxylic acids is 1. The predicted molar refractivity (Wildman–Crippen MR) is 108 cm³/mol. The third kappa shape index (κ3) is 18.0. The molecule has 0 bridgehead atoms. The number of aliphatic hydroxyl groups excluding tert-OH is 1. The smallest absolute Gasteiger partial charge is 0.239 e. The highest BCUT2D eigenvalue weighted by Gasteiger charge is 2.10. The molecule has 0 saturated carbocycles. The fourth-order valence-electron chi connectivity index (χ4n) is 3.10. The average molecular weight is 357 g/mol. The Bertz CT molecular complexity index is 285. The van der Waals surface area contributed by atoms with E-state index in [9.17, 15) is 4.79 Å². The van der Waals surface area contributed by atoms with Crippen LogP contribution in [0.1, 0.15) is 110 Å². The third-order valence-corrected chi connectivity index (χ3v) is 4.86. The highest BCUT2D eigenvalue weighted by Crippen LogP contribution is 2.13. The Morgan fingerprint density at radius 1 is 0.760 bits per heavy atom. The van der Waals surface area contributed by atoms with Gasteiger partial charge in [-0.05, 0) is 6.42 Å². The van der Waals surface area contributed by atoms with Gasteiger partial charge in [-0.25, -0.2) is 0 Å². The van der Waals surface area contributed by atoms with Crippen LogP contribution in [0.5, 0.6) is 0 Å². The molecule has 0 aromatic rings. The van der Waals surface area contributed by atoms with Crippen molar-refractivity contribution in [3.05, 3.63) is 0 Å². The summed E-state index contributed by atoms with van der Waals surface area (Å²) in [4.78, 5) is 11.3. The Kier molecular flexibility index (Phi) is 19.2. The maximum atomic E-state index is 11.3. The fraction of sp³-hybridized carbons (Fsp3) is 0.952. The van der Waals surface area contributed by atoms with Crippen LogP contribution in [0.25, 0.3) is 0 Å². The minimum atomic E-state index is -0.777. The third-order valence-electron chi connectivity index (χ3n) is 4.86. The number of unbranched alkanes of at least 4 members (excludes halogenated alkanes) is 15. The number of aliphatic hydroxyl groups is 1. The van der Waals surface area contributed by atoms with Gasteiger partial charge in [0, 0.05) is 6.54 Å². The summed E-state index contributed by atoms with van der Waals surface area (Å²) < 4.78 is 0. The first-order valence-electron chi connectivity index (χ1n) is 10.9. The normalized spacial score (nSPS) is 12.3. The summed E-state index contributed by atoms with van der Waals surface area (Å²) in [5.74, 6) is -0.247. The largest absolute Gasteiger partial charge is 0.394 e. The molecule has 0 rings (SSSR count). The number of hydrogen-bond acceptors (Lipinski definition) is 3. The van der Waals surface area contributed by atoms with Crippen LogP contribution >= 0.6 is 0 Å². The second kappa shape index (κ2) is 19.7. The first-order valence-corrected chi connectivity index (χ1v) is 10.9. The van der Waals surface area contributed by atoms with Crippen molar-refractivity contribution >= 4 is 5.91 Å². The van der Waals surface area contributed by atoms with Gasteiger partial charge in [-0.15, -0.1) is 0 Å². The van der Waals surface area contributed by atoms with Crippen molar-refractivity contribution in [3.8, 4) is 0 Å². The molecule has 0 radical (unpaired) electrons. The molecule has 0 saturated heterocycles. The van der Waals surface area contributed by atoms with Crippen molar-refractivity contribution in [2.45, 2.75) is 116 Å². The number of nitrogens with two attached hydrogens (primary N) is 1. The molecule has 25 heavy (non-hydrogen) atoms. The van der Waals surface area contributed by atoms with Crippen LogP contribution in [0.3, 0.4) is 0 Å². The molecule has 0 unspecified atom stereocenters. The van der Waals surface area contributed by atoms with E-state index in [4.69, 9.17) is 10.8 Å². The SMILES string of the molecule is CCCCCCCCCCCCCCCCCCNC(=O)[C@@H](N)CO. The van der Waals surface area contributed by atoms with E-state index in [1.165, 1.54) is 89.9 Å². The van der Waals surface area contributed by atoms with E-state index >= 15 is 0 Å². The average Bonchev–Trinajstić information content (AvgIpc) is 2.63. The van der Waals surface area contributed by atoms with E-state index in [0.717, 1.165) is 12.8 Å². The summed E-state index contributed by atoms with van der Waals surface area (Å²) in [5, 5.41) is 11.5. The maximum absolute atomic E-state index is 11.3. The molecular weight excluding hydrogens is 312 g/mol. The molecule has 4 N–H and O–H groups in total. The second-order valence-corrected chi connectivity index (χ2v) is 7.38. The molecule has 0 heterocycles. The Labute approximate surface area is 156 Å². The summed E-state index contributed by atoms with van der Waals surface area (Å²) in [6.07, 6.45) is 21.6. The van der Waals surface area contributed by atoms with Crippen LogP contribution in [0.4, 0.5) is 0 Å². The lowest BCUT2D eigenvalue weighted by molar-refractivity contribution is -0.123.